The monoisotopic (exact) mass is 303 g/mol. The van der Waals surface area contributed by atoms with E-state index >= 15 is 0 Å². The molecule has 21 heavy (non-hydrogen) atoms. The van der Waals surface area contributed by atoms with Gasteiger partial charge in [-0.2, -0.15) is 0 Å². The first-order valence-electron chi connectivity index (χ1n) is 6.62. The Labute approximate surface area is 128 Å². The summed E-state index contributed by atoms with van der Waals surface area (Å²) in [5.41, 5.74) is 7.03. The normalized spacial score (nSPS) is 10.3. The van der Waals surface area contributed by atoms with Gasteiger partial charge in [0, 0.05) is 23.9 Å². The largest absolute Gasteiger partial charge is 0.494 e. The standard InChI is InChI=1S/C15H17N3O2S/c1-11-9-14(19)18(10-17-11)7-2-8-20-13-5-3-12(4-6-13)15(16)21/h3-6,9-10H,2,7-8H2,1H3,(H2,16,21). The predicted octanol–water partition coefficient (Wildman–Crippen LogP) is 1.66. The van der Waals surface area contributed by atoms with Crippen LogP contribution in [0.25, 0.3) is 0 Å². The average molecular weight is 303 g/mol. The molecule has 0 saturated carbocycles. The Bertz CT molecular complexity index is 680. The van der Waals surface area contributed by atoms with Crippen LogP contribution in [0.1, 0.15) is 17.7 Å². The maximum absolute atomic E-state index is 11.7. The number of nitrogens with zero attached hydrogens (tertiary/aromatic N) is 2. The SMILES string of the molecule is Cc1cc(=O)n(CCCOc2ccc(C(N)=S)cc2)cn1. The molecule has 2 N–H and O–H groups in total. The summed E-state index contributed by atoms with van der Waals surface area (Å²) in [4.78, 5) is 16.1. The van der Waals surface area contributed by atoms with Crippen LogP contribution in [0.5, 0.6) is 5.75 Å². The van der Waals surface area contributed by atoms with Crippen LogP contribution < -0.4 is 16.0 Å². The van der Waals surface area contributed by atoms with E-state index in [1.54, 1.807) is 17.8 Å². The maximum atomic E-state index is 11.7. The Morgan fingerprint density at radius 2 is 2.10 bits per heavy atom. The quantitative estimate of drug-likeness (QED) is 0.649. The Hall–Kier alpha value is -2.21. The third-order valence-electron chi connectivity index (χ3n) is 2.97. The third-order valence-corrected chi connectivity index (χ3v) is 3.20. The summed E-state index contributed by atoms with van der Waals surface area (Å²) in [5.74, 6) is 0.754. The lowest BCUT2D eigenvalue weighted by Gasteiger charge is -2.08. The second kappa shape index (κ2) is 6.99. The summed E-state index contributed by atoms with van der Waals surface area (Å²) < 4.78 is 7.18. The van der Waals surface area contributed by atoms with Crippen molar-refractivity contribution in [2.24, 2.45) is 5.73 Å². The summed E-state index contributed by atoms with van der Waals surface area (Å²) in [5, 5.41) is 0. The second-order valence-corrected chi connectivity index (χ2v) is 5.09. The van der Waals surface area contributed by atoms with Gasteiger partial charge in [-0.25, -0.2) is 4.98 Å². The molecule has 0 amide bonds. The first-order valence-corrected chi connectivity index (χ1v) is 7.03. The van der Waals surface area contributed by atoms with Crippen LogP contribution in [-0.4, -0.2) is 21.1 Å². The molecule has 0 atom stereocenters. The van der Waals surface area contributed by atoms with Crippen LogP contribution in [0.2, 0.25) is 0 Å². The number of rotatable bonds is 6. The van der Waals surface area contributed by atoms with Crippen molar-refractivity contribution in [2.75, 3.05) is 6.61 Å². The van der Waals surface area contributed by atoms with Crippen molar-refractivity contribution in [3.05, 3.63) is 58.3 Å². The highest BCUT2D eigenvalue weighted by atomic mass is 32.1. The molecule has 5 nitrogen and oxygen atoms in total. The molecule has 0 aliphatic carbocycles. The van der Waals surface area contributed by atoms with E-state index in [0.717, 1.165) is 23.4 Å². The van der Waals surface area contributed by atoms with Crippen LogP contribution in [0.4, 0.5) is 0 Å². The number of benzene rings is 1. The van der Waals surface area contributed by atoms with Gasteiger partial charge in [0.1, 0.15) is 10.7 Å². The second-order valence-electron chi connectivity index (χ2n) is 4.65. The van der Waals surface area contributed by atoms with E-state index in [9.17, 15) is 4.79 Å². The minimum Gasteiger partial charge on any atom is -0.494 e. The van der Waals surface area contributed by atoms with E-state index < -0.39 is 0 Å². The smallest absolute Gasteiger partial charge is 0.253 e. The lowest BCUT2D eigenvalue weighted by atomic mass is 10.2. The van der Waals surface area contributed by atoms with Crippen LogP contribution in [0.3, 0.4) is 0 Å². The van der Waals surface area contributed by atoms with E-state index in [1.807, 2.05) is 24.3 Å². The van der Waals surface area contributed by atoms with Gasteiger partial charge < -0.3 is 10.5 Å². The molecule has 6 heteroatoms. The molecular weight excluding hydrogens is 286 g/mol. The number of thiocarbonyl (C=S) groups is 1. The van der Waals surface area contributed by atoms with E-state index in [1.165, 1.54) is 6.07 Å². The van der Waals surface area contributed by atoms with E-state index in [2.05, 4.69) is 4.98 Å². The Balaban J connectivity index is 1.81. The fourth-order valence-corrected chi connectivity index (χ4v) is 1.96. The van der Waals surface area contributed by atoms with Crippen LogP contribution >= 0.6 is 12.2 Å². The number of hydrogen-bond donors (Lipinski definition) is 1. The molecular formula is C15H17N3O2S. The van der Waals surface area contributed by atoms with Gasteiger partial charge in [0.25, 0.3) is 5.56 Å². The van der Waals surface area contributed by atoms with Gasteiger partial charge in [0.15, 0.2) is 0 Å². The van der Waals surface area contributed by atoms with Crippen molar-refractivity contribution in [3.63, 3.8) is 0 Å². The molecule has 1 aromatic heterocycles. The molecule has 0 spiro atoms. The number of aryl methyl sites for hydroxylation is 2. The summed E-state index contributed by atoms with van der Waals surface area (Å²) >= 11 is 4.89. The molecule has 0 aliphatic rings. The highest BCUT2D eigenvalue weighted by Crippen LogP contribution is 2.12. The summed E-state index contributed by atoms with van der Waals surface area (Å²) in [7, 11) is 0. The van der Waals surface area contributed by atoms with Crippen molar-refractivity contribution in [3.8, 4) is 5.75 Å². The molecule has 0 radical (unpaired) electrons. The van der Waals surface area contributed by atoms with Crippen molar-refractivity contribution < 1.29 is 4.74 Å². The van der Waals surface area contributed by atoms with E-state index in [0.29, 0.717) is 18.1 Å². The topological polar surface area (TPSA) is 70.1 Å². The highest BCUT2D eigenvalue weighted by molar-refractivity contribution is 7.80. The first-order chi connectivity index (χ1) is 10.1. The molecule has 0 bridgehead atoms. The summed E-state index contributed by atoms with van der Waals surface area (Å²) in [6.07, 6.45) is 2.29. The Morgan fingerprint density at radius 1 is 1.38 bits per heavy atom. The molecule has 2 aromatic rings. The van der Waals surface area contributed by atoms with Crippen molar-refractivity contribution >= 4 is 17.2 Å². The molecule has 2 rings (SSSR count). The molecule has 1 heterocycles. The zero-order valence-corrected chi connectivity index (χ0v) is 12.6. The van der Waals surface area contributed by atoms with Crippen molar-refractivity contribution in [2.45, 2.75) is 19.9 Å². The predicted molar refractivity (Wildman–Crippen MR) is 85.7 cm³/mol. The van der Waals surface area contributed by atoms with Crippen molar-refractivity contribution in [1.29, 1.82) is 0 Å². The number of ether oxygens (including phenoxy) is 1. The van der Waals surface area contributed by atoms with Crippen LogP contribution in [0, 0.1) is 6.92 Å². The number of aromatic nitrogens is 2. The number of nitrogens with two attached hydrogens (primary N) is 1. The van der Waals surface area contributed by atoms with E-state index in [-0.39, 0.29) is 5.56 Å². The Morgan fingerprint density at radius 3 is 2.71 bits per heavy atom. The molecule has 0 fully saturated rings. The van der Waals surface area contributed by atoms with Gasteiger partial charge in [0.2, 0.25) is 0 Å². The molecule has 1 aromatic carbocycles. The fraction of sp³-hybridized carbons (Fsp3) is 0.267. The third kappa shape index (κ3) is 4.39. The average Bonchev–Trinajstić information content (AvgIpc) is 2.46. The van der Waals surface area contributed by atoms with Crippen LogP contribution in [0.15, 0.2) is 41.5 Å². The Kier molecular flexibility index (Phi) is 5.05. The molecule has 0 saturated heterocycles. The minimum atomic E-state index is -0.0386. The lowest BCUT2D eigenvalue weighted by molar-refractivity contribution is 0.300. The number of hydrogen-bond acceptors (Lipinski definition) is 4. The van der Waals surface area contributed by atoms with E-state index in [4.69, 9.17) is 22.7 Å². The zero-order valence-electron chi connectivity index (χ0n) is 11.8. The van der Waals surface area contributed by atoms with Crippen LogP contribution in [-0.2, 0) is 6.54 Å². The van der Waals surface area contributed by atoms with Gasteiger partial charge in [-0.3, -0.25) is 9.36 Å². The molecule has 110 valence electrons. The minimum absolute atomic E-state index is 0.0386. The molecule has 0 unspecified atom stereocenters. The van der Waals surface area contributed by atoms with Gasteiger partial charge in [-0.1, -0.05) is 12.2 Å². The first kappa shape index (κ1) is 15.2. The molecule has 0 aliphatic heterocycles. The summed E-state index contributed by atoms with van der Waals surface area (Å²) in [6, 6.07) is 8.83. The zero-order chi connectivity index (χ0) is 15.2. The lowest BCUT2D eigenvalue weighted by Crippen LogP contribution is -2.21. The maximum Gasteiger partial charge on any atom is 0.253 e. The van der Waals surface area contributed by atoms with Gasteiger partial charge in [0.05, 0.1) is 12.9 Å². The van der Waals surface area contributed by atoms with Gasteiger partial charge >= 0.3 is 0 Å². The highest BCUT2D eigenvalue weighted by Gasteiger charge is 1.99. The summed E-state index contributed by atoms with van der Waals surface area (Å²) in [6.45, 7) is 2.90. The fourth-order valence-electron chi connectivity index (χ4n) is 1.82. The van der Waals surface area contributed by atoms with Crippen molar-refractivity contribution in [1.82, 2.24) is 9.55 Å². The van der Waals surface area contributed by atoms with Gasteiger partial charge in [-0.15, -0.1) is 0 Å². The van der Waals surface area contributed by atoms with Gasteiger partial charge in [-0.05, 0) is 37.6 Å².